The Kier molecular flexibility index (Phi) is 10.0. The van der Waals surface area contributed by atoms with Crippen LogP contribution in [0, 0.1) is 10.8 Å². The monoisotopic (exact) mass is 566 g/mol. The summed E-state index contributed by atoms with van der Waals surface area (Å²) in [5, 5.41) is 20.6. The molecule has 0 radical (unpaired) electrons. The zero-order valence-electron chi connectivity index (χ0n) is 22.4. The summed E-state index contributed by atoms with van der Waals surface area (Å²) in [6.07, 6.45) is -4.19. The van der Waals surface area contributed by atoms with Gasteiger partial charge in [-0.1, -0.05) is 20.8 Å². The number of nitrogens with zero attached hydrogens (tertiary/aromatic N) is 1. The van der Waals surface area contributed by atoms with Gasteiger partial charge < -0.3 is 24.4 Å². The van der Waals surface area contributed by atoms with Crippen LogP contribution in [0.15, 0.2) is 33.7 Å². The number of halogens is 1. The maximum absolute atomic E-state index is 15.4. The van der Waals surface area contributed by atoms with E-state index in [2.05, 4.69) is 0 Å². The highest BCUT2D eigenvalue weighted by Gasteiger charge is 2.54. The maximum Gasteiger partial charge on any atom is 0.358 e. The summed E-state index contributed by atoms with van der Waals surface area (Å²) in [5.41, 5.74) is -5.73. The maximum atomic E-state index is 15.4. The standard InChI is InChI=1S/C23H36FN2O11P/c1-21(2,3)18(29)33-12-35-38(32,36-13-34-19(30)22(4,5)6)11-9-14-16(28)23(7,24)17(37-14)26-10-8-15(27)25-20(26)31/h8-11,14,16-18,28-29H,12-13H2,1-7H3,(H,25,27,31)/b11-9-/t14-,16?,17-,18?,23?,38?/m1/s1. The number of hydrogen-bond acceptors (Lipinski definition) is 11. The average molecular weight is 567 g/mol. The molecule has 2 rings (SSSR count). The molecule has 1 aliphatic rings. The smallest absolute Gasteiger partial charge is 0.358 e. The molecular formula is C23H36FN2O11P. The molecule has 15 heteroatoms. The number of alkyl halides is 1. The van der Waals surface area contributed by atoms with Gasteiger partial charge in [0.1, 0.15) is 12.2 Å². The summed E-state index contributed by atoms with van der Waals surface area (Å²) in [5.74, 6) is 0.205. The predicted octanol–water partition coefficient (Wildman–Crippen LogP) is 2.15. The van der Waals surface area contributed by atoms with Gasteiger partial charge in [-0.25, -0.2) is 9.18 Å². The summed E-state index contributed by atoms with van der Waals surface area (Å²) in [6, 6.07) is 0.983. The van der Waals surface area contributed by atoms with Gasteiger partial charge in [-0.15, -0.1) is 0 Å². The van der Waals surface area contributed by atoms with E-state index in [1.54, 1.807) is 41.5 Å². The molecule has 3 N–H and O–H groups in total. The van der Waals surface area contributed by atoms with Gasteiger partial charge in [0.15, 0.2) is 25.0 Å². The number of ether oxygens (including phenoxy) is 3. The molecule has 4 unspecified atom stereocenters. The molecule has 216 valence electrons. The second kappa shape index (κ2) is 11.9. The number of carbonyl (C=O) groups excluding carboxylic acids is 1. The lowest BCUT2D eigenvalue weighted by Crippen LogP contribution is -2.43. The Morgan fingerprint density at radius 1 is 1.26 bits per heavy atom. The molecule has 1 aliphatic heterocycles. The van der Waals surface area contributed by atoms with E-state index in [4.69, 9.17) is 23.3 Å². The Morgan fingerprint density at radius 2 is 1.87 bits per heavy atom. The van der Waals surface area contributed by atoms with Crippen molar-refractivity contribution in [3.05, 3.63) is 45.0 Å². The van der Waals surface area contributed by atoms with Crippen molar-refractivity contribution >= 4 is 13.6 Å². The SMILES string of the molecule is CC(C)(C)C(=O)OCOP(=O)(/C=C\[C@H]1O[C@@H](n2ccc(=O)[nH]c2=O)C(C)(F)C1O)OCOC(O)C(C)(C)C. The Hall–Kier alpha value is -2.19. The van der Waals surface area contributed by atoms with Crippen LogP contribution in [0.5, 0.6) is 0 Å². The van der Waals surface area contributed by atoms with Crippen LogP contribution in [0.25, 0.3) is 0 Å². The number of aromatic nitrogens is 2. The highest BCUT2D eigenvalue weighted by atomic mass is 31.2. The minimum absolute atomic E-state index is 0.649. The highest BCUT2D eigenvalue weighted by Crippen LogP contribution is 2.51. The molecule has 0 bridgehead atoms. The zero-order chi connectivity index (χ0) is 29.1. The van der Waals surface area contributed by atoms with Gasteiger partial charge in [-0.2, -0.15) is 0 Å². The Balaban J connectivity index is 2.23. The molecule has 13 nitrogen and oxygen atoms in total. The third-order valence-electron chi connectivity index (χ3n) is 5.45. The summed E-state index contributed by atoms with van der Waals surface area (Å²) in [4.78, 5) is 37.5. The first-order valence-corrected chi connectivity index (χ1v) is 13.3. The second-order valence-electron chi connectivity index (χ2n) is 11.0. The third kappa shape index (κ3) is 8.15. The van der Waals surface area contributed by atoms with Crippen LogP contribution >= 0.6 is 7.60 Å². The number of hydrogen-bond donors (Lipinski definition) is 3. The lowest BCUT2D eigenvalue weighted by atomic mass is 9.96. The largest absolute Gasteiger partial charge is 0.438 e. The third-order valence-corrected chi connectivity index (χ3v) is 6.92. The number of aromatic amines is 1. The minimum atomic E-state index is -4.29. The molecule has 2 heterocycles. The van der Waals surface area contributed by atoms with Crippen molar-refractivity contribution in [2.75, 3.05) is 13.6 Å². The fourth-order valence-electron chi connectivity index (χ4n) is 3.03. The lowest BCUT2D eigenvalue weighted by molar-refractivity contribution is -0.192. The predicted molar refractivity (Wildman–Crippen MR) is 131 cm³/mol. The average Bonchev–Trinajstić information content (AvgIpc) is 3.00. The van der Waals surface area contributed by atoms with E-state index in [1.165, 1.54) is 0 Å². The molecule has 1 aromatic rings. The van der Waals surface area contributed by atoms with E-state index in [-0.39, 0.29) is 0 Å². The van der Waals surface area contributed by atoms with E-state index >= 15 is 4.39 Å². The molecular weight excluding hydrogens is 530 g/mol. The normalized spacial score (nSPS) is 26.8. The van der Waals surface area contributed by atoms with E-state index < -0.39 is 79.6 Å². The van der Waals surface area contributed by atoms with Crippen molar-refractivity contribution in [3.8, 4) is 0 Å². The molecule has 0 spiro atoms. The second-order valence-corrected chi connectivity index (χ2v) is 12.9. The number of carbonyl (C=O) groups is 1. The van der Waals surface area contributed by atoms with Crippen molar-refractivity contribution in [2.24, 2.45) is 10.8 Å². The van der Waals surface area contributed by atoms with Crippen LogP contribution < -0.4 is 11.2 Å². The molecule has 0 aromatic carbocycles. The lowest BCUT2D eigenvalue weighted by Gasteiger charge is -2.26. The van der Waals surface area contributed by atoms with Crippen molar-refractivity contribution in [2.45, 2.75) is 78.9 Å². The van der Waals surface area contributed by atoms with E-state index in [1.807, 2.05) is 4.98 Å². The zero-order valence-corrected chi connectivity index (χ0v) is 23.3. The number of esters is 1. The molecule has 0 aliphatic carbocycles. The van der Waals surface area contributed by atoms with Crippen molar-refractivity contribution in [1.29, 1.82) is 0 Å². The number of H-pyrrole nitrogens is 1. The molecule has 6 atom stereocenters. The fourth-order valence-corrected chi connectivity index (χ4v) is 4.06. The number of aliphatic hydroxyl groups excluding tert-OH is 2. The first kappa shape index (κ1) is 32.0. The molecule has 1 fully saturated rings. The van der Waals surface area contributed by atoms with Gasteiger partial charge in [0.25, 0.3) is 5.56 Å². The summed E-state index contributed by atoms with van der Waals surface area (Å²) in [7, 11) is -4.29. The van der Waals surface area contributed by atoms with Gasteiger partial charge in [0, 0.05) is 23.5 Å². The van der Waals surface area contributed by atoms with Crippen LogP contribution in [0.3, 0.4) is 0 Å². The molecule has 1 saturated heterocycles. The van der Waals surface area contributed by atoms with Crippen LogP contribution in [0.1, 0.15) is 54.7 Å². The van der Waals surface area contributed by atoms with Gasteiger partial charge in [0.2, 0.25) is 6.79 Å². The Bertz CT molecular complexity index is 1170. The van der Waals surface area contributed by atoms with Crippen molar-refractivity contribution in [3.63, 3.8) is 0 Å². The molecule has 38 heavy (non-hydrogen) atoms. The number of rotatable bonds is 10. The van der Waals surface area contributed by atoms with Crippen LogP contribution in [0.4, 0.5) is 4.39 Å². The van der Waals surface area contributed by atoms with Gasteiger partial charge >= 0.3 is 19.3 Å². The van der Waals surface area contributed by atoms with E-state index in [0.717, 1.165) is 35.6 Å². The Labute approximate surface area is 219 Å². The highest BCUT2D eigenvalue weighted by molar-refractivity contribution is 7.57. The molecule has 0 amide bonds. The van der Waals surface area contributed by atoms with E-state index in [9.17, 15) is 29.2 Å². The van der Waals surface area contributed by atoms with Crippen molar-refractivity contribution < 1.29 is 47.2 Å². The van der Waals surface area contributed by atoms with Gasteiger partial charge in [0.05, 0.1) is 5.41 Å². The van der Waals surface area contributed by atoms with Gasteiger partial charge in [-0.05, 0) is 33.8 Å². The fraction of sp³-hybridized carbons (Fsp3) is 0.696. The van der Waals surface area contributed by atoms with Crippen LogP contribution in [0.2, 0.25) is 0 Å². The van der Waals surface area contributed by atoms with Crippen molar-refractivity contribution in [1.82, 2.24) is 9.55 Å². The topological polar surface area (TPSA) is 176 Å². The van der Waals surface area contributed by atoms with Gasteiger partial charge in [-0.3, -0.25) is 32.8 Å². The Morgan fingerprint density at radius 3 is 2.42 bits per heavy atom. The minimum Gasteiger partial charge on any atom is -0.438 e. The first-order chi connectivity index (χ1) is 17.3. The molecule has 1 aromatic heterocycles. The van der Waals surface area contributed by atoms with Crippen LogP contribution in [-0.4, -0.2) is 63.5 Å². The first-order valence-electron chi connectivity index (χ1n) is 11.7. The summed E-state index contributed by atoms with van der Waals surface area (Å²) < 4.78 is 55.5. The number of nitrogens with one attached hydrogen (secondary N) is 1. The summed E-state index contributed by atoms with van der Waals surface area (Å²) >= 11 is 0. The number of aliphatic hydroxyl groups is 2. The van der Waals surface area contributed by atoms with Crippen LogP contribution in [-0.2, 0) is 32.6 Å². The van der Waals surface area contributed by atoms with E-state index in [0.29, 0.717) is 0 Å². The molecule has 0 saturated carbocycles. The summed E-state index contributed by atoms with van der Waals surface area (Å²) in [6.45, 7) is 9.40. The quantitative estimate of drug-likeness (QED) is 0.215.